The summed E-state index contributed by atoms with van der Waals surface area (Å²) in [4.78, 5) is 47.2. The number of benzene rings is 2. The van der Waals surface area contributed by atoms with Gasteiger partial charge in [-0.1, -0.05) is 12.1 Å². The highest BCUT2D eigenvalue weighted by molar-refractivity contribution is 5.97. The molecule has 0 unspecified atom stereocenters. The number of methoxy groups -OCH3 is 2. The summed E-state index contributed by atoms with van der Waals surface area (Å²) in [6.07, 6.45) is -0.403. The van der Waals surface area contributed by atoms with Crippen LogP contribution in [0.25, 0.3) is 0 Å². The molecule has 0 saturated heterocycles. The van der Waals surface area contributed by atoms with Gasteiger partial charge in [-0.2, -0.15) is 0 Å². The molecule has 0 aliphatic heterocycles. The summed E-state index contributed by atoms with van der Waals surface area (Å²) < 4.78 is 36.5. The Morgan fingerprint density at radius 2 is 1.71 bits per heavy atom. The first-order valence-corrected chi connectivity index (χ1v) is 8.82. The van der Waals surface area contributed by atoms with Gasteiger partial charge in [0.1, 0.15) is 17.7 Å². The van der Waals surface area contributed by atoms with Crippen LogP contribution in [0.4, 0.5) is 14.5 Å². The zero-order valence-electron chi connectivity index (χ0n) is 16.5. The Morgan fingerprint density at radius 3 is 2.23 bits per heavy atom. The van der Waals surface area contributed by atoms with Gasteiger partial charge in [0.05, 0.1) is 31.1 Å². The van der Waals surface area contributed by atoms with Crippen LogP contribution in [0.2, 0.25) is 0 Å². The van der Waals surface area contributed by atoms with E-state index in [-0.39, 0.29) is 11.3 Å². The van der Waals surface area contributed by atoms with Crippen LogP contribution >= 0.6 is 0 Å². The molecule has 0 aliphatic carbocycles. The summed E-state index contributed by atoms with van der Waals surface area (Å²) >= 11 is 0. The van der Waals surface area contributed by atoms with Crippen LogP contribution in [-0.2, 0) is 19.1 Å². The first-order valence-electron chi connectivity index (χ1n) is 8.82. The van der Waals surface area contributed by atoms with E-state index >= 15 is 0 Å². The van der Waals surface area contributed by atoms with Gasteiger partial charge in [-0.05, 0) is 17.7 Å². The summed E-state index contributed by atoms with van der Waals surface area (Å²) in [6, 6.07) is 5.74. The Hall–Kier alpha value is -3.89. The summed E-state index contributed by atoms with van der Waals surface area (Å²) in [6.45, 7) is 0. The van der Waals surface area contributed by atoms with Gasteiger partial charge in [-0.25, -0.2) is 13.6 Å². The van der Waals surface area contributed by atoms with Crippen molar-refractivity contribution in [2.24, 2.45) is 0 Å². The SMILES string of the molecule is COC(=O)C[C@@H](c1ccc([N+](=O)[O-])cc1)[C@@H](NC(=O)c1ccc(F)cc1F)C(=O)OC. The van der Waals surface area contributed by atoms with Crippen molar-refractivity contribution < 1.29 is 37.6 Å². The number of nitrogens with zero attached hydrogens (tertiary/aromatic N) is 1. The molecule has 0 heterocycles. The molecular formula is C20H18F2N2O7. The summed E-state index contributed by atoms with van der Waals surface area (Å²) in [7, 11) is 2.17. The number of non-ortho nitro benzene ring substituents is 1. The van der Waals surface area contributed by atoms with Crippen LogP contribution in [0.1, 0.15) is 28.3 Å². The van der Waals surface area contributed by atoms with E-state index in [4.69, 9.17) is 4.74 Å². The maximum atomic E-state index is 14.0. The molecular weight excluding hydrogens is 418 g/mol. The van der Waals surface area contributed by atoms with Gasteiger partial charge < -0.3 is 14.8 Å². The van der Waals surface area contributed by atoms with E-state index in [9.17, 15) is 33.3 Å². The number of hydrogen-bond donors (Lipinski definition) is 1. The zero-order valence-corrected chi connectivity index (χ0v) is 16.5. The van der Waals surface area contributed by atoms with Crippen LogP contribution < -0.4 is 5.32 Å². The van der Waals surface area contributed by atoms with Gasteiger partial charge in [0.25, 0.3) is 11.6 Å². The fraction of sp³-hybridized carbons (Fsp3) is 0.250. The minimum Gasteiger partial charge on any atom is -0.469 e. The molecule has 2 aromatic rings. The number of halogens is 2. The molecule has 0 radical (unpaired) electrons. The highest BCUT2D eigenvalue weighted by atomic mass is 19.1. The lowest BCUT2D eigenvalue weighted by Gasteiger charge is -2.26. The number of nitro groups is 1. The number of carbonyl (C=O) groups excluding carboxylic acids is 3. The molecule has 1 N–H and O–H groups in total. The van der Waals surface area contributed by atoms with Crippen molar-refractivity contribution in [2.75, 3.05) is 14.2 Å². The lowest BCUT2D eigenvalue weighted by Crippen LogP contribution is -2.46. The minimum absolute atomic E-state index is 0.229. The monoisotopic (exact) mass is 436 g/mol. The molecule has 0 bridgehead atoms. The maximum Gasteiger partial charge on any atom is 0.329 e. The molecule has 2 aromatic carbocycles. The van der Waals surface area contributed by atoms with E-state index in [0.717, 1.165) is 38.5 Å². The molecule has 31 heavy (non-hydrogen) atoms. The number of nitrogens with one attached hydrogen (secondary N) is 1. The van der Waals surface area contributed by atoms with Crippen molar-refractivity contribution in [3.05, 3.63) is 75.3 Å². The van der Waals surface area contributed by atoms with E-state index in [0.29, 0.717) is 6.07 Å². The standard InChI is InChI=1S/C20H18F2N2O7/c1-30-17(25)10-15(11-3-6-13(7-4-11)24(28)29)18(20(27)31-2)23-19(26)14-8-5-12(21)9-16(14)22/h3-9,15,18H,10H2,1-2H3,(H,23,26)/t15-,18+/m0/s1. The number of hydrogen-bond acceptors (Lipinski definition) is 7. The van der Waals surface area contributed by atoms with Crippen LogP contribution in [0.5, 0.6) is 0 Å². The molecule has 0 saturated carbocycles. The topological polar surface area (TPSA) is 125 Å². The van der Waals surface area contributed by atoms with E-state index in [1.165, 1.54) is 12.1 Å². The number of esters is 2. The average Bonchev–Trinajstić information content (AvgIpc) is 2.75. The zero-order chi connectivity index (χ0) is 23.1. The van der Waals surface area contributed by atoms with Gasteiger partial charge in [0, 0.05) is 24.1 Å². The van der Waals surface area contributed by atoms with Crippen LogP contribution in [0.3, 0.4) is 0 Å². The Kier molecular flexibility index (Phi) is 7.72. The van der Waals surface area contributed by atoms with Crippen molar-refractivity contribution in [2.45, 2.75) is 18.4 Å². The smallest absolute Gasteiger partial charge is 0.329 e. The van der Waals surface area contributed by atoms with E-state index in [1.54, 1.807) is 0 Å². The average molecular weight is 436 g/mol. The van der Waals surface area contributed by atoms with E-state index in [1.807, 2.05) is 0 Å². The second-order valence-electron chi connectivity index (χ2n) is 6.33. The van der Waals surface area contributed by atoms with Crippen LogP contribution in [-0.4, -0.2) is 43.0 Å². The summed E-state index contributed by atoms with van der Waals surface area (Å²) in [5.41, 5.74) is -0.477. The van der Waals surface area contributed by atoms with E-state index < -0.39 is 58.3 Å². The van der Waals surface area contributed by atoms with Gasteiger partial charge >= 0.3 is 11.9 Å². The van der Waals surface area contributed by atoms with Gasteiger partial charge in [-0.15, -0.1) is 0 Å². The number of amides is 1. The van der Waals surface area contributed by atoms with E-state index in [2.05, 4.69) is 10.1 Å². The second kappa shape index (κ2) is 10.2. The Morgan fingerprint density at radius 1 is 1.06 bits per heavy atom. The fourth-order valence-corrected chi connectivity index (χ4v) is 2.88. The highest BCUT2D eigenvalue weighted by Gasteiger charge is 2.35. The largest absolute Gasteiger partial charge is 0.469 e. The third-order valence-electron chi connectivity index (χ3n) is 4.47. The molecule has 2 atom stereocenters. The quantitative estimate of drug-likeness (QED) is 0.383. The number of ether oxygens (including phenoxy) is 2. The first kappa shape index (κ1) is 23.4. The van der Waals surface area contributed by atoms with Crippen LogP contribution in [0, 0.1) is 21.7 Å². The molecule has 11 heteroatoms. The predicted molar refractivity (Wildman–Crippen MR) is 102 cm³/mol. The maximum absolute atomic E-state index is 14.0. The van der Waals surface area contributed by atoms with Crippen molar-refractivity contribution >= 4 is 23.5 Å². The number of carbonyl (C=O) groups is 3. The molecule has 9 nitrogen and oxygen atoms in total. The first-order chi connectivity index (χ1) is 14.7. The van der Waals surface area contributed by atoms with Crippen molar-refractivity contribution in [3.8, 4) is 0 Å². The second-order valence-corrected chi connectivity index (χ2v) is 6.33. The molecule has 0 aliphatic rings. The third-order valence-corrected chi connectivity index (χ3v) is 4.47. The Balaban J connectivity index is 2.44. The van der Waals surface area contributed by atoms with Crippen molar-refractivity contribution in [3.63, 3.8) is 0 Å². The lowest BCUT2D eigenvalue weighted by molar-refractivity contribution is -0.384. The molecule has 2 rings (SSSR count). The lowest BCUT2D eigenvalue weighted by atomic mass is 9.88. The third kappa shape index (κ3) is 5.81. The normalized spacial score (nSPS) is 12.4. The minimum atomic E-state index is -1.48. The Bertz CT molecular complexity index is 996. The van der Waals surface area contributed by atoms with Gasteiger partial charge in [0.15, 0.2) is 0 Å². The molecule has 0 spiro atoms. The van der Waals surface area contributed by atoms with Crippen molar-refractivity contribution in [1.82, 2.24) is 5.32 Å². The molecule has 164 valence electrons. The van der Waals surface area contributed by atoms with Crippen molar-refractivity contribution in [1.29, 1.82) is 0 Å². The molecule has 1 amide bonds. The van der Waals surface area contributed by atoms with Gasteiger partial charge in [-0.3, -0.25) is 19.7 Å². The van der Waals surface area contributed by atoms with Gasteiger partial charge in [0.2, 0.25) is 0 Å². The summed E-state index contributed by atoms with van der Waals surface area (Å²) in [5, 5.41) is 13.2. The van der Waals surface area contributed by atoms with Crippen LogP contribution in [0.15, 0.2) is 42.5 Å². The molecule has 0 aromatic heterocycles. The summed E-state index contributed by atoms with van der Waals surface area (Å²) in [5.74, 6) is -5.85. The fourth-order valence-electron chi connectivity index (χ4n) is 2.88. The molecule has 0 fully saturated rings. The number of nitro benzene ring substituents is 1. The highest BCUT2D eigenvalue weighted by Crippen LogP contribution is 2.27. The predicted octanol–water partition coefficient (Wildman–Crippen LogP) is 2.49. The Labute approximate surface area is 175 Å². The number of rotatable bonds is 8.